The molecule has 0 amide bonds. The summed E-state index contributed by atoms with van der Waals surface area (Å²) in [5, 5.41) is 16.8. The van der Waals surface area contributed by atoms with Crippen LogP contribution in [-0.4, -0.2) is 22.2 Å². The maximum Gasteiger partial charge on any atom is 0.307 e. The molecule has 0 bridgehead atoms. The van der Waals surface area contributed by atoms with Crippen molar-refractivity contribution in [2.75, 3.05) is 0 Å². The minimum Gasteiger partial charge on any atom is -0.481 e. The van der Waals surface area contributed by atoms with Crippen molar-refractivity contribution in [3.05, 3.63) is 24.3 Å². The summed E-state index contributed by atoms with van der Waals surface area (Å²) < 4.78 is 0. The van der Waals surface area contributed by atoms with Crippen LogP contribution in [0.1, 0.15) is 25.7 Å². The van der Waals surface area contributed by atoms with E-state index in [2.05, 4.69) is 13.2 Å². The van der Waals surface area contributed by atoms with E-state index in [1.807, 2.05) is 0 Å². The van der Waals surface area contributed by atoms with E-state index in [9.17, 15) is 9.59 Å². The first-order valence-corrected chi connectivity index (χ1v) is 4.23. The second-order valence-electron chi connectivity index (χ2n) is 3.02. The van der Waals surface area contributed by atoms with Gasteiger partial charge in [0.15, 0.2) is 0 Å². The molecule has 0 rings (SSSR count). The van der Waals surface area contributed by atoms with Gasteiger partial charge in [-0.25, -0.2) is 0 Å². The molecule has 0 aromatic carbocycles. The van der Waals surface area contributed by atoms with Crippen LogP contribution >= 0.6 is 0 Å². The van der Waals surface area contributed by atoms with E-state index in [0.717, 1.165) is 0 Å². The molecule has 0 fully saturated rings. The van der Waals surface area contributed by atoms with Gasteiger partial charge in [0.2, 0.25) is 0 Å². The number of hydrogen-bond donors (Lipinski definition) is 2. The fourth-order valence-electron chi connectivity index (χ4n) is 0.937. The van der Waals surface area contributed by atoms with Crippen molar-refractivity contribution in [1.82, 2.24) is 0 Å². The van der Waals surface area contributed by atoms with E-state index in [-0.39, 0.29) is 12.8 Å². The number of carboxylic acid groups (broad SMARTS) is 2. The SMILES string of the molecule is C=C(CCCC(=O)O)C(=C)CC(=O)O. The fourth-order valence-corrected chi connectivity index (χ4v) is 0.937. The van der Waals surface area contributed by atoms with Gasteiger partial charge in [-0.3, -0.25) is 9.59 Å². The first kappa shape index (κ1) is 12.4. The smallest absolute Gasteiger partial charge is 0.307 e. The standard InChI is InChI=1S/C10H14O4/c1-7(4-3-5-9(11)12)8(2)6-10(13)14/h1-6H2,(H,11,12)(H,13,14). The molecule has 0 saturated heterocycles. The van der Waals surface area contributed by atoms with Crippen LogP contribution in [0.5, 0.6) is 0 Å². The third-order valence-corrected chi connectivity index (χ3v) is 1.73. The molecule has 0 radical (unpaired) electrons. The van der Waals surface area contributed by atoms with E-state index >= 15 is 0 Å². The van der Waals surface area contributed by atoms with Gasteiger partial charge >= 0.3 is 11.9 Å². The number of rotatable bonds is 7. The lowest BCUT2D eigenvalue weighted by molar-refractivity contribution is -0.137. The lowest BCUT2D eigenvalue weighted by Gasteiger charge is -2.05. The van der Waals surface area contributed by atoms with Crippen LogP contribution in [0.3, 0.4) is 0 Å². The van der Waals surface area contributed by atoms with Crippen LogP contribution < -0.4 is 0 Å². The Morgan fingerprint density at radius 3 is 1.93 bits per heavy atom. The highest BCUT2D eigenvalue weighted by Crippen LogP contribution is 2.16. The van der Waals surface area contributed by atoms with Crippen molar-refractivity contribution in [2.45, 2.75) is 25.7 Å². The number of allylic oxidation sites excluding steroid dienone is 1. The van der Waals surface area contributed by atoms with Gasteiger partial charge in [-0.05, 0) is 18.4 Å². The third kappa shape index (κ3) is 5.99. The lowest BCUT2D eigenvalue weighted by Crippen LogP contribution is -1.99. The van der Waals surface area contributed by atoms with Crippen molar-refractivity contribution < 1.29 is 19.8 Å². The Kier molecular flexibility index (Phi) is 5.29. The van der Waals surface area contributed by atoms with Gasteiger partial charge in [0.1, 0.15) is 0 Å². The van der Waals surface area contributed by atoms with Crippen molar-refractivity contribution in [1.29, 1.82) is 0 Å². The zero-order valence-corrected chi connectivity index (χ0v) is 7.95. The van der Waals surface area contributed by atoms with Crippen LogP contribution in [0, 0.1) is 0 Å². The van der Waals surface area contributed by atoms with Gasteiger partial charge in [-0.2, -0.15) is 0 Å². The van der Waals surface area contributed by atoms with Crippen LogP contribution in [0.2, 0.25) is 0 Å². The molecule has 0 spiro atoms. The normalized spacial score (nSPS) is 9.43. The monoisotopic (exact) mass is 198 g/mol. The van der Waals surface area contributed by atoms with Crippen molar-refractivity contribution >= 4 is 11.9 Å². The van der Waals surface area contributed by atoms with E-state index in [4.69, 9.17) is 10.2 Å². The zero-order chi connectivity index (χ0) is 11.1. The Labute approximate surface area is 82.6 Å². The van der Waals surface area contributed by atoms with Crippen molar-refractivity contribution in [3.63, 3.8) is 0 Å². The van der Waals surface area contributed by atoms with E-state index < -0.39 is 11.9 Å². The molecule has 0 saturated carbocycles. The molecule has 4 nitrogen and oxygen atoms in total. The number of hydrogen-bond acceptors (Lipinski definition) is 2. The molecule has 14 heavy (non-hydrogen) atoms. The molecule has 0 aromatic rings. The summed E-state index contributed by atoms with van der Waals surface area (Å²) in [6.45, 7) is 7.21. The first-order valence-electron chi connectivity index (χ1n) is 4.23. The molecule has 0 aromatic heterocycles. The Bertz CT molecular complexity index is 265. The van der Waals surface area contributed by atoms with Crippen LogP contribution in [0.25, 0.3) is 0 Å². The Morgan fingerprint density at radius 2 is 1.50 bits per heavy atom. The number of carboxylic acids is 2. The highest BCUT2D eigenvalue weighted by Gasteiger charge is 2.06. The predicted octanol–water partition coefficient (Wildman–Crippen LogP) is 1.83. The second-order valence-corrected chi connectivity index (χ2v) is 3.02. The zero-order valence-electron chi connectivity index (χ0n) is 7.95. The number of carbonyl (C=O) groups is 2. The molecule has 0 atom stereocenters. The van der Waals surface area contributed by atoms with Crippen LogP contribution in [0.15, 0.2) is 24.3 Å². The maximum absolute atomic E-state index is 10.3. The largest absolute Gasteiger partial charge is 0.481 e. The molecule has 4 heteroatoms. The molecule has 0 aliphatic heterocycles. The maximum atomic E-state index is 10.3. The second kappa shape index (κ2) is 5.96. The van der Waals surface area contributed by atoms with Crippen molar-refractivity contribution in [3.8, 4) is 0 Å². The highest BCUT2D eigenvalue weighted by atomic mass is 16.4. The predicted molar refractivity (Wildman–Crippen MR) is 52.0 cm³/mol. The summed E-state index contributed by atoms with van der Waals surface area (Å²) in [6, 6.07) is 0. The van der Waals surface area contributed by atoms with E-state index in [0.29, 0.717) is 24.0 Å². The molecule has 0 heterocycles. The highest BCUT2D eigenvalue weighted by molar-refractivity contribution is 5.71. The lowest BCUT2D eigenvalue weighted by atomic mass is 10.0. The summed E-state index contributed by atoms with van der Waals surface area (Å²) >= 11 is 0. The topological polar surface area (TPSA) is 74.6 Å². The molecular weight excluding hydrogens is 184 g/mol. The summed E-state index contributed by atoms with van der Waals surface area (Å²) in [5.41, 5.74) is 1.08. The average molecular weight is 198 g/mol. The molecular formula is C10H14O4. The summed E-state index contributed by atoms with van der Waals surface area (Å²) in [5.74, 6) is -1.81. The van der Waals surface area contributed by atoms with E-state index in [1.54, 1.807) is 0 Å². The van der Waals surface area contributed by atoms with Gasteiger partial charge in [0.25, 0.3) is 0 Å². The molecule has 0 aliphatic rings. The average Bonchev–Trinajstić information content (AvgIpc) is 2.01. The minimum atomic E-state index is -0.950. The third-order valence-electron chi connectivity index (χ3n) is 1.73. The molecule has 2 N–H and O–H groups in total. The minimum absolute atomic E-state index is 0.0688. The Morgan fingerprint density at radius 1 is 0.929 bits per heavy atom. The summed E-state index contributed by atoms with van der Waals surface area (Å²) in [4.78, 5) is 20.5. The Balaban J connectivity index is 3.79. The summed E-state index contributed by atoms with van der Waals surface area (Å²) in [6.07, 6.45) is 0.885. The van der Waals surface area contributed by atoms with Gasteiger partial charge in [0, 0.05) is 6.42 Å². The van der Waals surface area contributed by atoms with Crippen LogP contribution in [0.4, 0.5) is 0 Å². The van der Waals surface area contributed by atoms with Gasteiger partial charge in [-0.1, -0.05) is 18.7 Å². The molecule has 78 valence electrons. The van der Waals surface area contributed by atoms with E-state index in [1.165, 1.54) is 0 Å². The fraction of sp³-hybridized carbons (Fsp3) is 0.400. The van der Waals surface area contributed by atoms with Crippen LogP contribution in [-0.2, 0) is 9.59 Å². The van der Waals surface area contributed by atoms with Gasteiger partial charge < -0.3 is 10.2 Å². The Hall–Kier alpha value is -1.58. The van der Waals surface area contributed by atoms with Gasteiger partial charge in [-0.15, -0.1) is 0 Å². The quantitative estimate of drug-likeness (QED) is 0.612. The molecule has 0 unspecified atom stereocenters. The number of aliphatic carboxylic acids is 2. The first-order chi connectivity index (χ1) is 6.43. The molecule has 0 aliphatic carbocycles. The van der Waals surface area contributed by atoms with Gasteiger partial charge in [0.05, 0.1) is 6.42 Å². The van der Waals surface area contributed by atoms with Crippen molar-refractivity contribution in [2.24, 2.45) is 0 Å². The summed E-state index contributed by atoms with van der Waals surface area (Å²) in [7, 11) is 0.